The number of nitro groups is 1. The maximum Gasteiger partial charge on any atom is 0.275 e. The molecule has 0 amide bonds. The number of hydrogen-bond donors (Lipinski definition) is 0. The van der Waals surface area contributed by atoms with Crippen LogP contribution in [0.25, 0.3) is 0 Å². The first-order chi connectivity index (χ1) is 8.90. The van der Waals surface area contributed by atoms with Crippen LogP contribution in [0.15, 0.2) is 22.7 Å². The highest BCUT2D eigenvalue weighted by atomic mass is 79.9. The molecule has 5 nitrogen and oxygen atoms in total. The van der Waals surface area contributed by atoms with Crippen molar-refractivity contribution in [3.05, 3.63) is 54.8 Å². The zero-order valence-electron chi connectivity index (χ0n) is 10.4. The van der Waals surface area contributed by atoms with Gasteiger partial charge in [0.15, 0.2) is 0 Å². The molecule has 0 fully saturated rings. The summed E-state index contributed by atoms with van der Waals surface area (Å²) in [7, 11) is 0. The smallest absolute Gasteiger partial charge is 0.264 e. The Morgan fingerprint density at radius 2 is 2.16 bits per heavy atom. The first-order valence-electron chi connectivity index (χ1n) is 5.52. The molecule has 0 bridgehead atoms. The molecule has 2 aromatic rings. The van der Waals surface area contributed by atoms with Crippen LogP contribution < -0.4 is 0 Å². The normalized spacial score (nSPS) is 10.7. The molecule has 0 aliphatic heterocycles. The maximum absolute atomic E-state index is 11.0. The van der Waals surface area contributed by atoms with Gasteiger partial charge in [-0.05, 0) is 41.9 Å². The van der Waals surface area contributed by atoms with Crippen molar-refractivity contribution in [2.24, 2.45) is 0 Å². The molecule has 1 aromatic heterocycles. The summed E-state index contributed by atoms with van der Waals surface area (Å²) in [5.74, 6) is 0. The standard InChI is InChI=1S/C12H11BrClN3O2/c1-7-12(13)8(2)16(15-7)6-9-3-4-10(14)5-11(9)17(18)19/h3-5H,6H2,1-2H3. The molecule has 2 rings (SSSR count). The van der Waals surface area contributed by atoms with Crippen molar-refractivity contribution < 1.29 is 4.92 Å². The lowest BCUT2D eigenvalue weighted by molar-refractivity contribution is -0.385. The van der Waals surface area contributed by atoms with Crippen LogP contribution in [0, 0.1) is 24.0 Å². The Morgan fingerprint density at radius 3 is 2.68 bits per heavy atom. The van der Waals surface area contributed by atoms with Gasteiger partial charge >= 0.3 is 0 Å². The average molecular weight is 345 g/mol. The molecule has 0 N–H and O–H groups in total. The quantitative estimate of drug-likeness (QED) is 0.627. The molecule has 1 aromatic carbocycles. The fourth-order valence-electron chi connectivity index (χ4n) is 1.83. The number of rotatable bonds is 3. The lowest BCUT2D eigenvalue weighted by atomic mass is 10.2. The van der Waals surface area contributed by atoms with Gasteiger partial charge in [-0.25, -0.2) is 0 Å². The van der Waals surface area contributed by atoms with E-state index in [1.165, 1.54) is 6.07 Å². The van der Waals surface area contributed by atoms with Crippen molar-refractivity contribution in [2.45, 2.75) is 20.4 Å². The van der Waals surface area contributed by atoms with Crippen LogP contribution in [0.5, 0.6) is 0 Å². The van der Waals surface area contributed by atoms with Gasteiger partial charge in [-0.15, -0.1) is 0 Å². The minimum absolute atomic E-state index is 0.0103. The number of nitrogens with zero attached hydrogens (tertiary/aromatic N) is 3. The van der Waals surface area contributed by atoms with E-state index in [0.717, 1.165) is 15.9 Å². The number of halogens is 2. The van der Waals surface area contributed by atoms with Gasteiger partial charge in [-0.3, -0.25) is 14.8 Å². The van der Waals surface area contributed by atoms with Gasteiger partial charge in [-0.1, -0.05) is 11.6 Å². The first kappa shape index (κ1) is 14.0. The van der Waals surface area contributed by atoms with Crippen LogP contribution in [0.2, 0.25) is 5.02 Å². The summed E-state index contributed by atoms with van der Waals surface area (Å²) in [6.45, 7) is 4.13. The topological polar surface area (TPSA) is 61.0 Å². The van der Waals surface area contributed by atoms with Crippen LogP contribution in [0.1, 0.15) is 17.0 Å². The number of hydrogen-bond acceptors (Lipinski definition) is 3. The molecule has 0 spiro atoms. The molecule has 7 heteroatoms. The second-order valence-corrected chi connectivity index (χ2v) is 5.40. The maximum atomic E-state index is 11.0. The summed E-state index contributed by atoms with van der Waals surface area (Å²) in [6, 6.07) is 4.66. The Kier molecular flexibility index (Phi) is 3.91. The van der Waals surface area contributed by atoms with E-state index >= 15 is 0 Å². The second kappa shape index (κ2) is 5.30. The molecular weight excluding hydrogens is 334 g/mol. The van der Waals surface area contributed by atoms with E-state index in [2.05, 4.69) is 21.0 Å². The monoisotopic (exact) mass is 343 g/mol. The molecule has 0 saturated carbocycles. The van der Waals surface area contributed by atoms with Gasteiger partial charge < -0.3 is 0 Å². The van der Waals surface area contributed by atoms with Gasteiger partial charge in [0.25, 0.3) is 5.69 Å². The number of nitro benzene ring substituents is 1. The molecule has 100 valence electrons. The molecule has 0 aliphatic rings. The Labute approximate surface area is 123 Å². The lowest BCUT2D eigenvalue weighted by Crippen LogP contribution is -2.06. The van der Waals surface area contributed by atoms with Crippen molar-refractivity contribution in [3.63, 3.8) is 0 Å². The number of benzene rings is 1. The van der Waals surface area contributed by atoms with E-state index in [0.29, 0.717) is 17.1 Å². The second-order valence-electron chi connectivity index (χ2n) is 4.17. The summed E-state index contributed by atoms with van der Waals surface area (Å²) >= 11 is 9.22. The molecule has 0 radical (unpaired) electrons. The minimum atomic E-state index is -0.429. The summed E-state index contributed by atoms with van der Waals surface area (Å²) in [6.07, 6.45) is 0. The molecular formula is C12H11BrClN3O2. The van der Waals surface area contributed by atoms with Crippen molar-refractivity contribution in [1.29, 1.82) is 0 Å². The Hall–Kier alpha value is -1.40. The van der Waals surface area contributed by atoms with E-state index in [1.807, 2.05) is 13.8 Å². The number of aromatic nitrogens is 2. The summed E-state index contributed by atoms with van der Waals surface area (Å²) in [5, 5.41) is 15.7. The summed E-state index contributed by atoms with van der Waals surface area (Å²) < 4.78 is 2.65. The SMILES string of the molecule is Cc1nn(Cc2ccc(Cl)cc2[N+](=O)[O-])c(C)c1Br. The van der Waals surface area contributed by atoms with E-state index in [1.54, 1.807) is 16.8 Å². The van der Waals surface area contributed by atoms with Crippen LogP contribution in [-0.4, -0.2) is 14.7 Å². The highest BCUT2D eigenvalue weighted by Crippen LogP contribution is 2.26. The summed E-state index contributed by atoms with van der Waals surface area (Å²) in [4.78, 5) is 10.6. The van der Waals surface area contributed by atoms with Crippen LogP contribution in [-0.2, 0) is 6.54 Å². The largest absolute Gasteiger partial charge is 0.275 e. The number of aryl methyl sites for hydroxylation is 1. The highest BCUT2D eigenvalue weighted by Gasteiger charge is 2.17. The van der Waals surface area contributed by atoms with Crippen LogP contribution >= 0.6 is 27.5 Å². The predicted octanol–water partition coefficient (Wildman–Crippen LogP) is 3.87. The zero-order valence-corrected chi connectivity index (χ0v) is 12.7. The molecule has 0 aliphatic carbocycles. The van der Waals surface area contributed by atoms with E-state index in [9.17, 15) is 10.1 Å². The van der Waals surface area contributed by atoms with Gasteiger partial charge in [0, 0.05) is 11.1 Å². The molecule has 1 heterocycles. The first-order valence-corrected chi connectivity index (χ1v) is 6.69. The Bertz CT molecular complexity index is 655. The predicted molar refractivity (Wildman–Crippen MR) is 76.6 cm³/mol. The van der Waals surface area contributed by atoms with Gasteiger partial charge in [-0.2, -0.15) is 5.10 Å². The van der Waals surface area contributed by atoms with Crippen molar-refractivity contribution in [2.75, 3.05) is 0 Å². The molecule has 0 saturated heterocycles. The molecule has 0 unspecified atom stereocenters. The highest BCUT2D eigenvalue weighted by molar-refractivity contribution is 9.10. The summed E-state index contributed by atoms with van der Waals surface area (Å²) in [5.41, 5.74) is 2.37. The Morgan fingerprint density at radius 1 is 1.47 bits per heavy atom. The van der Waals surface area contributed by atoms with Crippen LogP contribution in [0.4, 0.5) is 5.69 Å². The minimum Gasteiger partial charge on any atom is -0.264 e. The average Bonchev–Trinajstić information content (AvgIpc) is 2.59. The van der Waals surface area contributed by atoms with Gasteiger partial charge in [0.05, 0.1) is 32.9 Å². The third-order valence-corrected chi connectivity index (χ3v) is 4.24. The van der Waals surface area contributed by atoms with Crippen molar-refractivity contribution >= 4 is 33.2 Å². The van der Waals surface area contributed by atoms with Gasteiger partial charge in [0.1, 0.15) is 0 Å². The third-order valence-electron chi connectivity index (χ3n) is 2.86. The van der Waals surface area contributed by atoms with E-state index in [-0.39, 0.29) is 5.69 Å². The Balaban J connectivity index is 2.43. The van der Waals surface area contributed by atoms with Gasteiger partial charge in [0.2, 0.25) is 0 Å². The fourth-order valence-corrected chi connectivity index (χ4v) is 2.28. The van der Waals surface area contributed by atoms with Crippen molar-refractivity contribution in [3.8, 4) is 0 Å². The molecule has 0 atom stereocenters. The van der Waals surface area contributed by atoms with Crippen LogP contribution in [0.3, 0.4) is 0 Å². The fraction of sp³-hybridized carbons (Fsp3) is 0.250. The van der Waals surface area contributed by atoms with Crippen molar-refractivity contribution in [1.82, 2.24) is 9.78 Å². The van der Waals surface area contributed by atoms with E-state index in [4.69, 9.17) is 11.6 Å². The molecule has 19 heavy (non-hydrogen) atoms. The van der Waals surface area contributed by atoms with E-state index < -0.39 is 4.92 Å². The zero-order chi connectivity index (χ0) is 14.2. The lowest BCUT2D eigenvalue weighted by Gasteiger charge is -2.06. The third kappa shape index (κ3) is 2.79.